The Morgan fingerprint density at radius 3 is 2.56 bits per heavy atom. The lowest BCUT2D eigenvalue weighted by Crippen LogP contribution is -2.56. The second-order valence-electron chi connectivity index (χ2n) is 7.55. The lowest BCUT2D eigenvalue weighted by molar-refractivity contribution is -0.142. The highest BCUT2D eigenvalue weighted by atomic mass is 16.2. The molecule has 25 heavy (non-hydrogen) atoms. The van der Waals surface area contributed by atoms with Crippen molar-refractivity contribution in [1.82, 2.24) is 15.1 Å². The molecule has 5 heteroatoms. The quantitative estimate of drug-likeness (QED) is 0.910. The summed E-state index contributed by atoms with van der Waals surface area (Å²) in [7, 11) is 0. The van der Waals surface area contributed by atoms with Gasteiger partial charge in [0.15, 0.2) is 0 Å². The van der Waals surface area contributed by atoms with E-state index in [-0.39, 0.29) is 17.2 Å². The molecule has 0 radical (unpaired) electrons. The second-order valence-corrected chi connectivity index (χ2v) is 7.55. The van der Waals surface area contributed by atoms with E-state index in [0.29, 0.717) is 26.1 Å². The molecule has 1 N–H and O–H groups in total. The van der Waals surface area contributed by atoms with Gasteiger partial charge in [-0.05, 0) is 49.9 Å². The van der Waals surface area contributed by atoms with Gasteiger partial charge in [0, 0.05) is 32.6 Å². The molecule has 2 fully saturated rings. The van der Waals surface area contributed by atoms with Crippen LogP contribution in [0.5, 0.6) is 0 Å². The largest absolute Gasteiger partial charge is 0.341 e. The van der Waals surface area contributed by atoms with Crippen LogP contribution >= 0.6 is 0 Å². The number of hydrogen-bond donors (Lipinski definition) is 1. The van der Waals surface area contributed by atoms with Gasteiger partial charge in [-0.25, -0.2) is 0 Å². The Morgan fingerprint density at radius 1 is 1.00 bits per heavy atom. The maximum absolute atomic E-state index is 13.4. The average Bonchev–Trinajstić information content (AvgIpc) is 2.66. The molecule has 134 valence electrons. The fourth-order valence-electron chi connectivity index (χ4n) is 4.68. The number of nitrogens with one attached hydrogen (secondary N) is 1. The smallest absolute Gasteiger partial charge is 0.233 e. The first-order valence-electron chi connectivity index (χ1n) is 9.57. The number of piperidine rings is 2. The van der Waals surface area contributed by atoms with Crippen molar-refractivity contribution < 1.29 is 9.59 Å². The molecular formula is C20H27N3O2. The van der Waals surface area contributed by atoms with E-state index in [1.54, 1.807) is 0 Å². The molecule has 3 heterocycles. The first kappa shape index (κ1) is 16.6. The number of rotatable bonds is 3. The van der Waals surface area contributed by atoms with Gasteiger partial charge in [0.2, 0.25) is 11.8 Å². The van der Waals surface area contributed by atoms with Gasteiger partial charge in [-0.3, -0.25) is 9.59 Å². The Morgan fingerprint density at radius 2 is 1.76 bits per heavy atom. The number of benzene rings is 1. The van der Waals surface area contributed by atoms with E-state index in [0.717, 1.165) is 45.3 Å². The van der Waals surface area contributed by atoms with Crippen molar-refractivity contribution in [2.75, 3.05) is 32.7 Å². The molecule has 1 spiro atoms. The molecular weight excluding hydrogens is 314 g/mol. The molecule has 0 bridgehead atoms. The zero-order valence-corrected chi connectivity index (χ0v) is 14.8. The molecule has 0 unspecified atom stereocenters. The molecule has 0 aliphatic carbocycles. The van der Waals surface area contributed by atoms with Gasteiger partial charge in [-0.1, -0.05) is 24.3 Å². The molecule has 4 rings (SSSR count). The summed E-state index contributed by atoms with van der Waals surface area (Å²) in [6, 6.07) is 8.42. The summed E-state index contributed by atoms with van der Waals surface area (Å²) in [5, 5.41) is 3.39. The van der Waals surface area contributed by atoms with Gasteiger partial charge in [0.1, 0.15) is 0 Å². The molecule has 3 aliphatic heterocycles. The fourth-order valence-corrected chi connectivity index (χ4v) is 4.68. The summed E-state index contributed by atoms with van der Waals surface area (Å²) < 4.78 is 0. The Balaban J connectivity index is 1.56. The number of fused-ring (bicyclic) bond motifs is 2. The van der Waals surface area contributed by atoms with Crippen LogP contribution in [-0.4, -0.2) is 54.3 Å². The molecule has 0 aromatic heterocycles. The van der Waals surface area contributed by atoms with Crippen LogP contribution in [0.2, 0.25) is 0 Å². The van der Waals surface area contributed by atoms with Crippen molar-refractivity contribution >= 4 is 11.8 Å². The molecule has 2 amide bonds. The third kappa shape index (κ3) is 2.95. The van der Waals surface area contributed by atoms with E-state index in [2.05, 4.69) is 29.6 Å². The minimum Gasteiger partial charge on any atom is -0.341 e. The van der Waals surface area contributed by atoms with E-state index in [9.17, 15) is 9.59 Å². The van der Waals surface area contributed by atoms with Crippen LogP contribution in [0.1, 0.15) is 43.2 Å². The minimum atomic E-state index is -0.369. The number of amides is 2. The number of carbonyl (C=O) groups excluding carboxylic acids is 2. The van der Waals surface area contributed by atoms with Crippen molar-refractivity contribution in [3.63, 3.8) is 0 Å². The highest BCUT2D eigenvalue weighted by Gasteiger charge is 2.47. The van der Waals surface area contributed by atoms with E-state index >= 15 is 0 Å². The summed E-state index contributed by atoms with van der Waals surface area (Å²) in [5.41, 5.74) is 2.13. The predicted octanol–water partition coefficient (Wildman–Crippen LogP) is 1.66. The van der Waals surface area contributed by atoms with Crippen LogP contribution in [0, 0.1) is 0 Å². The summed E-state index contributed by atoms with van der Waals surface area (Å²) >= 11 is 0. The highest BCUT2D eigenvalue weighted by molar-refractivity contribution is 5.90. The molecule has 2 saturated heterocycles. The van der Waals surface area contributed by atoms with Gasteiger partial charge >= 0.3 is 0 Å². The van der Waals surface area contributed by atoms with Crippen LogP contribution in [0.3, 0.4) is 0 Å². The molecule has 5 nitrogen and oxygen atoms in total. The third-order valence-electron chi connectivity index (χ3n) is 6.11. The van der Waals surface area contributed by atoms with E-state index in [4.69, 9.17) is 0 Å². The molecule has 0 atom stereocenters. The summed E-state index contributed by atoms with van der Waals surface area (Å²) in [5.74, 6) is 0.504. The predicted molar refractivity (Wildman–Crippen MR) is 96.1 cm³/mol. The van der Waals surface area contributed by atoms with E-state index in [1.807, 2.05) is 9.80 Å². The van der Waals surface area contributed by atoms with Crippen LogP contribution in [0.15, 0.2) is 24.3 Å². The SMILES string of the molecule is O=C1CCCCN1CCN1Cc2ccccc2C2(CCNCC2)C1=O. The molecule has 1 aromatic rings. The lowest BCUT2D eigenvalue weighted by Gasteiger charge is -2.45. The summed E-state index contributed by atoms with van der Waals surface area (Å²) in [4.78, 5) is 29.4. The normalized spacial score (nSPS) is 23.0. The van der Waals surface area contributed by atoms with Gasteiger partial charge < -0.3 is 15.1 Å². The highest BCUT2D eigenvalue weighted by Crippen LogP contribution is 2.41. The maximum Gasteiger partial charge on any atom is 0.233 e. The molecule has 3 aliphatic rings. The summed E-state index contributed by atoms with van der Waals surface area (Å²) in [6.07, 6.45) is 4.47. The zero-order chi connectivity index (χ0) is 17.3. The number of hydrogen-bond acceptors (Lipinski definition) is 3. The van der Waals surface area contributed by atoms with E-state index < -0.39 is 0 Å². The molecule has 1 aromatic carbocycles. The van der Waals surface area contributed by atoms with Crippen LogP contribution < -0.4 is 5.32 Å². The van der Waals surface area contributed by atoms with Crippen molar-refractivity contribution in [3.05, 3.63) is 35.4 Å². The Bertz CT molecular complexity index is 667. The number of likely N-dealkylation sites (tertiary alicyclic amines) is 1. The Labute approximate surface area is 149 Å². The summed E-state index contributed by atoms with van der Waals surface area (Å²) in [6.45, 7) is 4.60. The number of carbonyl (C=O) groups is 2. The standard InChI is InChI=1S/C20H27N3O2/c24-18-7-3-4-12-22(18)13-14-23-15-16-5-1-2-6-17(16)20(19(23)25)8-10-21-11-9-20/h1-2,5-6,21H,3-4,7-15H2. The van der Waals surface area contributed by atoms with E-state index in [1.165, 1.54) is 11.1 Å². The zero-order valence-electron chi connectivity index (χ0n) is 14.8. The topological polar surface area (TPSA) is 52.7 Å². The minimum absolute atomic E-state index is 0.243. The monoisotopic (exact) mass is 341 g/mol. The van der Waals surface area contributed by atoms with Crippen molar-refractivity contribution in [3.8, 4) is 0 Å². The van der Waals surface area contributed by atoms with Crippen LogP contribution in [-0.2, 0) is 21.5 Å². The van der Waals surface area contributed by atoms with Crippen molar-refractivity contribution in [2.45, 2.75) is 44.1 Å². The fraction of sp³-hybridized carbons (Fsp3) is 0.600. The van der Waals surface area contributed by atoms with Crippen molar-refractivity contribution in [2.24, 2.45) is 0 Å². The average molecular weight is 341 g/mol. The van der Waals surface area contributed by atoms with Gasteiger partial charge in [-0.15, -0.1) is 0 Å². The van der Waals surface area contributed by atoms with Crippen molar-refractivity contribution in [1.29, 1.82) is 0 Å². The Kier molecular flexibility index (Phi) is 4.50. The Hall–Kier alpha value is -1.88. The maximum atomic E-state index is 13.4. The van der Waals surface area contributed by atoms with Gasteiger partial charge in [0.25, 0.3) is 0 Å². The van der Waals surface area contributed by atoms with Crippen LogP contribution in [0.4, 0.5) is 0 Å². The van der Waals surface area contributed by atoms with Gasteiger partial charge in [0.05, 0.1) is 5.41 Å². The first-order valence-corrected chi connectivity index (χ1v) is 9.57. The third-order valence-corrected chi connectivity index (χ3v) is 6.11. The second kappa shape index (κ2) is 6.79. The first-order chi connectivity index (χ1) is 12.2. The number of nitrogens with zero attached hydrogens (tertiary/aromatic N) is 2. The van der Waals surface area contributed by atoms with Crippen LogP contribution in [0.25, 0.3) is 0 Å². The van der Waals surface area contributed by atoms with Gasteiger partial charge in [-0.2, -0.15) is 0 Å². The molecule has 0 saturated carbocycles. The lowest BCUT2D eigenvalue weighted by atomic mass is 9.68.